The lowest BCUT2D eigenvalue weighted by atomic mass is 9.87. The number of halogens is 1. The predicted octanol–water partition coefficient (Wildman–Crippen LogP) is 3.48. The molecule has 3 rings (SSSR count). The summed E-state index contributed by atoms with van der Waals surface area (Å²) in [5, 5.41) is 26.4. The van der Waals surface area contributed by atoms with E-state index >= 15 is 0 Å². The summed E-state index contributed by atoms with van der Waals surface area (Å²) in [5.41, 5.74) is 4.77. The number of aromatic nitrogens is 4. The third kappa shape index (κ3) is 19.8. The third-order valence-electron chi connectivity index (χ3n) is 9.89. The van der Waals surface area contributed by atoms with Crippen LogP contribution in [-0.4, -0.2) is 129 Å². The Labute approximate surface area is 379 Å². The number of carbonyl (C=O) groups excluding carboxylic acids is 3. The molecule has 65 heavy (non-hydrogen) atoms. The van der Waals surface area contributed by atoms with Crippen LogP contribution in [0.1, 0.15) is 97.1 Å². The van der Waals surface area contributed by atoms with Gasteiger partial charge in [-0.3, -0.25) is 36.9 Å². The van der Waals surface area contributed by atoms with Crippen molar-refractivity contribution in [3.63, 3.8) is 0 Å². The summed E-state index contributed by atoms with van der Waals surface area (Å²) in [6, 6.07) is 0. The van der Waals surface area contributed by atoms with Crippen molar-refractivity contribution < 1.29 is 84.9 Å². The standard InChI is InChI=1S/C36H61FN7O17P3S/c1-24(14-12-10-8-6-4-5-7-9-11-13-16-37)35(49)65-19-18-39-26(45)15-17-40-33(48)30(47)36(2,3)21-58-64(55,56)61-63(53,54)57-20-25-29(60-62(50,51)52)28(46)34(59-25)44-23-43-27-31(38)41-22-42-32(27)44/h22-23,25,28-30,34,46-47H,1,4-21H2,2-3H3,(H,39,45)(H,40,48)(H,53,54)(H,55,56)(H2,38,41,42)(H2,50,51,52)/t25-,28-,29-,30+,34-/m1/s1. The van der Waals surface area contributed by atoms with Crippen LogP contribution in [-0.2, 0) is 50.7 Å². The van der Waals surface area contributed by atoms with E-state index in [-0.39, 0.29) is 48.3 Å². The van der Waals surface area contributed by atoms with Crippen molar-refractivity contribution in [3.8, 4) is 0 Å². The molecule has 2 aromatic rings. The van der Waals surface area contributed by atoms with E-state index in [0.29, 0.717) is 24.2 Å². The van der Waals surface area contributed by atoms with Crippen LogP contribution in [0.3, 0.4) is 0 Å². The zero-order valence-electron chi connectivity index (χ0n) is 36.1. The number of hydrogen-bond donors (Lipinski definition) is 9. The number of aliphatic hydroxyl groups excluding tert-OH is 2. The monoisotopic (exact) mass is 1010 g/mol. The first kappa shape index (κ1) is 56.6. The number of imidazole rings is 1. The van der Waals surface area contributed by atoms with Gasteiger partial charge in [0.05, 0.1) is 26.2 Å². The lowest BCUT2D eigenvalue weighted by Gasteiger charge is -2.30. The number of phosphoric ester groups is 3. The van der Waals surface area contributed by atoms with Gasteiger partial charge in [-0.15, -0.1) is 0 Å². The summed E-state index contributed by atoms with van der Waals surface area (Å²) >= 11 is 1.04. The number of rotatable bonds is 32. The molecule has 0 bridgehead atoms. The van der Waals surface area contributed by atoms with Gasteiger partial charge in [0, 0.05) is 30.7 Å². The van der Waals surface area contributed by atoms with Crippen LogP contribution in [0.25, 0.3) is 11.2 Å². The molecule has 3 heterocycles. The Hall–Kier alpha value is -2.77. The third-order valence-corrected chi connectivity index (χ3v) is 13.9. The van der Waals surface area contributed by atoms with Gasteiger partial charge >= 0.3 is 23.5 Å². The summed E-state index contributed by atoms with van der Waals surface area (Å²) in [4.78, 5) is 88.5. The van der Waals surface area contributed by atoms with Crippen molar-refractivity contribution in [2.75, 3.05) is 44.5 Å². The van der Waals surface area contributed by atoms with E-state index in [9.17, 15) is 62.3 Å². The molecule has 1 fully saturated rings. The average molecular weight is 1010 g/mol. The number of nitrogen functional groups attached to an aromatic ring is 1. The van der Waals surface area contributed by atoms with Crippen molar-refractivity contribution >= 4 is 69.1 Å². The van der Waals surface area contributed by atoms with Gasteiger partial charge in [-0.2, -0.15) is 4.31 Å². The van der Waals surface area contributed by atoms with Gasteiger partial charge in [0.25, 0.3) is 0 Å². The van der Waals surface area contributed by atoms with Crippen LogP contribution < -0.4 is 16.4 Å². The number of aliphatic hydroxyl groups is 2. The van der Waals surface area contributed by atoms with Crippen molar-refractivity contribution in [1.29, 1.82) is 0 Å². The number of carbonyl (C=O) groups is 3. The van der Waals surface area contributed by atoms with Crippen LogP contribution in [0.4, 0.5) is 10.2 Å². The normalized spacial score (nSPS) is 20.3. The minimum Gasteiger partial charge on any atom is -0.386 e. The second-order valence-electron chi connectivity index (χ2n) is 15.8. The van der Waals surface area contributed by atoms with E-state index in [0.717, 1.165) is 86.8 Å². The predicted molar refractivity (Wildman–Crippen MR) is 233 cm³/mol. The van der Waals surface area contributed by atoms with E-state index in [4.69, 9.17) is 19.5 Å². The molecular weight excluding hydrogens is 946 g/mol. The Kier molecular flexibility index (Phi) is 23.2. The van der Waals surface area contributed by atoms with E-state index < -0.39 is 84.6 Å². The van der Waals surface area contributed by atoms with E-state index in [1.807, 2.05) is 0 Å². The van der Waals surface area contributed by atoms with Crippen molar-refractivity contribution in [2.24, 2.45) is 5.41 Å². The molecule has 0 aromatic carbocycles. The van der Waals surface area contributed by atoms with Gasteiger partial charge in [0.1, 0.15) is 36.3 Å². The molecule has 2 unspecified atom stereocenters. The largest absolute Gasteiger partial charge is 0.481 e. The van der Waals surface area contributed by atoms with E-state index in [1.165, 1.54) is 13.8 Å². The first-order valence-electron chi connectivity index (χ1n) is 20.8. The minimum atomic E-state index is -5.58. The van der Waals surface area contributed by atoms with E-state index in [1.54, 1.807) is 0 Å². The second kappa shape index (κ2) is 26.7. The van der Waals surface area contributed by atoms with Crippen LogP contribution in [0.2, 0.25) is 0 Å². The SMILES string of the molecule is C=C(CCCCCCCCCCCCF)C(=O)SCCNC(=O)CCNC(=O)[C@H](O)C(C)(C)COP(=O)(O)OP(=O)(O)OC[C@H]1O[C@@H](n2cnc3c(N)ncnc32)[C@H](O)[C@@H]1OP(=O)(O)O. The number of alkyl halides is 1. The number of nitrogens with two attached hydrogens (primary N) is 1. The Morgan fingerprint density at radius 2 is 1.55 bits per heavy atom. The van der Waals surface area contributed by atoms with Gasteiger partial charge in [-0.05, 0) is 24.8 Å². The van der Waals surface area contributed by atoms with Gasteiger partial charge in [-0.1, -0.05) is 83.6 Å². The van der Waals surface area contributed by atoms with Gasteiger partial charge < -0.3 is 50.9 Å². The molecule has 2 aromatic heterocycles. The number of fused-ring (bicyclic) bond motifs is 1. The molecular formula is C36H61FN7O17P3S. The molecule has 7 atom stereocenters. The maximum atomic E-state index is 12.7. The lowest BCUT2D eigenvalue weighted by Crippen LogP contribution is -2.46. The molecule has 24 nitrogen and oxygen atoms in total. The first-order valence-corrected chi connectivity index (χ1v) is 26.3. The highest BCUT2D eigenvalue weighted by Gasteiger charge is 2.50. The quantitative estimate of drug-likeness (QED) is 0.0288. The van der Waals surface area contributed by atoms with Crippen LogP contribution >= 0.6 is 35.2 Å². The summed E-state index contributed by atoms with van der Waals surface area (Å²) in [7, 11) is -16.4. The van der Waals surface area contributed by atoms with Gasteiger partial charge in [0.15, 0.2) is 17.7 Å². The molecule has 1 aliphatic heterocycles. The average Bonchev–Trinajstić information content (AvgIpc) is 3.79. The van der Waals surface area contributed by atoms with Gasteiger partial charge in [-0.25, -0.2) is 28.6 Å². The molecule has 0 radical (unpaired) electrons. The topological polar surface area (TPSA) is 364 Å². The molecule has 10 N–H and O–H groups in total. The van der Waals surface area contributed by atoms with Crippen LogP contribution in [0.15, 0.2) is 24.8 Å². The second-order valence-corrected chi connectivity index (χ2v) is 21.1. The first-order chi connectivity index (χ1) is 30.5. The number of anilines is 1. The molecule has 0 saturated carbocycles. The summed E-state index contributed by atoms with van der Waals surface area (Å²) in [6.07, 6.45) is 3.79. The van der Waals surface area contributed by atoms with Crippen molar-refractivity contribution in [3.05, 3.63) is 24.8 Å². The molecule has 0 spiro atoms. The van der Waals surface area contributed by atoms with E-state index in [2.05, 4.69) is 41.0 Å². The van der Waals surface area contributed by atoms with Crippen molar-refractivity contribution in [1.82, 2.24) is 30.2 Å². The fourth-order valence-electron chi connectivity index (χ4n) is 6.33. The Balaban J connectivity index is 1.35. The van der Waals surface area contributed by atoms with Gasteiger partial charge in [0.2, 0.25) is 16.9 Å². The van der Waals surface area contributed by atoms with Crippen molar-refractivity contribution in [2.45, 2.75) is 122 Å². The highest BCUT2D eigenvalue weighted by atomic mass is 32.2. The highest BCUT2D eigenvalue weighted by molar-refractivity contribution is 8.14. The Morgan fingerprint density at radius 1 is 0.938 bits per heavy atom. The van der Waals surface area contributed by atoms with Crippen LogP contribution in [0, 0.1) is 5.41 Å². The summed E-state index contributed by atoms with van der Waals surface area (Å²) in [6.45, 7) is 4.06. The Bertz CT molecular complexity index is 2030. The lowest BCUT2D eigenvalue weighted by molar-refractivity contribution is -0.137. The minimum absolute atomic E-state index is 0.0272. The molecule has 370 valence electrons. The highest BCUT2D eigenvalue weighted by Crippen LogP contribution is 2.61. The number of ether oxygens (including phenoxy) is 1. The molecule has 1 aliphatic rings. The maximum absolute atomic E-state index is 12.7. The molecule has 2 amide bonds. The molecule has 29 heteroatoms. The summed E-state index contributed by atoms with van der Waals surface area (Å²) < 4.78 is 74.5. The fourth-order valence-corrected chi connectivity index (χ4v) is 9.85. The number of nitrogens with zero attached hydrogens (tertiary/aromatic N) is 4. The maximum Gasteiger partial charge on any atom is 0.481 e. The fraction of sp³-hybridized carbons (Fsp3) is 0.722. The number of amides is 2. The van der Waals surface area contributed by atoms with Crippen LogP contribution in [0.5, 0.6) is 0 Å². The number of unbranched alkanes of at least 4 members (excludes halogenated alkanes) is 9. The number of nitrogens with one attached hydrogen (secondary N) is 2. The zero-order valence-corrected chi connectivity index (χ0v) is 39.6. The molecule has 1 saturated heterocycles. The number of hydrogen-bond acceptors (Lipinski definition) is 18. The zero-order chi connectivity index (χ0) is 48.4. The summed E-state index contributed by atoms with van der Waals surface area (Å²) in [5.74, 6) is -1.18. The number of phosphoric acid groups is 3. The molecule has 0 aliphatic carbocycles. The Morgan fingerprint density at radius 3 is 2.18 bits per heavy atom. The smallest absolute Gasteiger partial charge is 0.386 e. The number of thioether (sulfide) groups is 1.